The molecule has 1 saturated heterocycles. The average molecular weight is 287 g/mol. The van der Waals surface area contributed by atoms with Crippen molar-refractivity contribution in [2.45, 2.75) is 19.9 Å². The molecule has 1 aliphatic heterocycles. The van der Waals surface area contributed by atoms with Crippen LogP contribution in [0.3, 0.4) is 0 Å². The largest absolute Gasteiger partial charge is 0.381 e. The molecule has 0 amide bonds. The summed E-state index contributed by atoms with van der Waals surface area (Å²) in [5, 5.41) is 12.6. The van der Waals surface area contributed by atoms with Gasteiger partial charge >= 0.3 is 0 Å². The molecule has 21 heavy (non-hydrogen) atoms. The lowest BCUT2D eigenvalue weighted by molar-refractivity contribution is 0.0944. The van der Waals surface area contributed by atoms with Crippen LogP contribution in [0.4, 0.5) is 5.69 Å². The number of aromatic nitrogens is 1. The Hall–Kier alpha value is -1.64. The number of piperazine rings is 1. The van der Waals surface area contributed by atoms with Gasteiger partial charge in [-0.1, -0.05) is 13.8 Å². The summed E-state index contributed by atoms with van der Waals surface area (Å²) in [7, 11) is 2.18. The highest BCUT2D eigenvalue weighted by molar-refractivity contribution is 5.55. The molecule has 1 N–H and O–H groups in total. The van der Waals surface area contributed by atoms with Gasteiger partial charge in [0.2, 0.25) is 0 Å². The number of anilines is 1. The van der Waals surface area contributed by atoms with Gasteiger partial charge in [-0.05, 0) is 19.0 Å². The molecule has 1 fully saturated rings. The Balaban J connectivity index is 1.99. The topological polar surface area (TPSA) is 55.2 Å². The highest BCUT2D eigenvalue weighted by Crippen LogP contribution is 2.17. The lowest BCUT2D eigenvalue weighted by Crippen LogP contribution is -2.52. The SMILES string of the molecule is CC(C)C(CNc1cnccc1C#N)N1CCN(C)CC1. The third-order valence-corrected chi connectivity index (χ3v) is 4.22. The predicted octanol–water partition coefficient (Wildman–Crippen LogP) is 1.64. The second-order valence-electron chi connectivity index (χ2n) is 6.06. The van der Waals surface area contributed by atoms with Gasteiger partial charge < -0.3 is 10.2 Å². The molecule has 0 spiro atoms. The van der Waals surface area contributed by atoms with E-state index in [1.807, 2.05) is 0 Å². The fraction of sp³-hybridized carbons (Fsp3) is 0.625. The number of hydrogen-bond donors (Lipinski definition) is 1. The van der Waals surface area contributed by atoms with Gasteiger partial charge in [0.25, 0.3) is 0 Å². The summed E-state index contributed by atoms with van der Waals surface area (Å²) in [5.74, 6) is 0.572. The van der Waals surface area contributed by atoms with Crippen LogP contribution in [0.2, 0.25) is 0 Å². The van der Waals surface area contributed by atoms with E-state index in [2.05, 4.69) is 47.1 Å². The molecule has 0 saturated carbocycles. The van der Waals surface area contributed by atoms with Gasteiger partial charge in [-0.15, -0.1) is 0 Å². The Labute approximate surface area is 127 Å². The standard InChI is InChI=1S/C16H25N5/c1-13(2)16(21-8-6-20(3)7-9-21)12-19-15-11-18-5-4-14(15)10-17/h4-5,11,13,16,19H,6-9,12H2,1-3H3. The number of likely N-dealkylation sites (N-methyl/N-ethyl adjacent to an activating group) is 1. The molecule has 0 aromatic carbocycles. The molecule has 2 heterocycles. The van der Waals surface area contributed by atoms with E-state index in [9.17, 15) is 0 Å². The number of pyridine rings is 1. The first kappa shape index (κ1) is 15.7. The minimum atomic E-state index is 0.477. The minimum Gasteiger partial charge on any atom is -0.381 e. The maximum Gasteiger partial charge on any atom is 0.101 e. The summed E-state index contributed by atoms with van der Waals surface area (Å²) >= 11 is 0. The van der Waals surface area contributed by atoms with E-state index in [0.717, 1.165) is 38.4 Å². The van der Waals surface area contributed by atoms with Gasteiger partial charge in [-0.3, -0.25) is 9.88 Å². The summed E-state index contributed by atoms with van der Waals surface area (Å²) in [6.45, 7) is 9.84. The summed E-state index contributed by atoms with van der Waals surface area (Å²) in [6.07, 6.45) is 3.39. The first-order valence-corrected chi connectivity index (χ1v) is 7.62. The smallest absolute Gasteiger partial charge is 0.101 e. The van der Waals surface area contributed by atoms with E-state index >= 15 is 0 Å². The Kier molecular flexibility index (Phi) is 5.54. The minimum absolute atomic E-state index is 0.477. The van der Waals surface area contributed by atoms with Crippen molar-refractivity contribution in [1.82, 2.24) is 14.8 Å². The molecule has 0 bridgehead atoms. The third kappa shape index (κ3) is 4.16. The Bertz CT molecular complexity index is 486. The van der Waals surface area contributed by atoms with Crippen molar-refractivity contribution >= 4 is 5.69 Å². The van der Waals surface area contributed by atoms with Crippen molar-refractivity contribution in [1.29, 1.82) is 5.26 Å². The van der Waals surface area contributed by atoms with Crippen molar-refractivity contribution in [3.63, 3.8) is 0 Å². The fourth-order valence-corrected chi connectivity index (χ4v) is 2.79. The van der Waals surface area contributed by atoms with E-state index in [1.165, 1.54) is 0 Å². The van der Waals surface area contributed by atoms with Gasteiger partial charge in [0, 0.05) is 45.0 Å². The van der Waals surface area contributed by atoms with Crippen LogP contribution in [0, 0.1) is 17.2 Å². The van der Waals surface area contributed by atoms with Gasteiger partial charge in [0.15, 0.2) is 0 Å². The quantitative estimate of drug-likeness (QED) is 0.892. The first-order chi connectivity index (χ1) is 10.1. The van der Waals surface area contributed by atoms with Crippen LogP contribution in [-0.2, 0) is 0 Å². The van der Waals surface area contributed by atoms with E-state index < -0.39 is 0 Å². The predicted molar refractivity (Wildman–Crippen MR) is 85.1 cm³/mol. The number of nitrogens with zero attached hydrogens (tertiary/aromatic N) is 4. The van der Waals surface area contributed by atoms with Gasteiger partial charge in [0.05, 0.1) is 17.4 Å². The van der Waals surface area contributed by atoms with Gasteiger partial charge in [-0.2, -0.15) is 5.26 Å². The molecule has 1 unspecified atom stereocenters. The van der Waals surface area contributed by atoms with Crippen LogP contribution >= 0.6 is 0 Å². The average Bonchev–Trinajstić information content (AvgIpc) is 2.49. The van der Waals surface area contributed by atoms with Crippen LogP contribution in [0.15, 0.2) is 18.5 Å². The van der Waals surface area contributed by atoms with Crippen molar-refractivity contribution in [2.24, 2.45) is 5.92 Å². The van der Waals surface area contributed by atoms with E-state index in [1.54, 1.807) is 18.5 Å². The molecular formula is C16H25N5. The van der Waals surface area contributed by atoms with E-state index in [0.29, 0.717) is 17.5 Å². The van der Waals surface area contributed by atoms with Crippen LogP contribution in [0.25, 0.3) is 0 Å². The zero-order valence-corrected chi connectivity index (χ0v) is 13.2. The zero-order valence-electron chi connectivity index (χ0n) is 13.2. The Morgan fingerprint density at radius 3 is 2.67 bits per heavy atom. The Morgan fingerprint density at radius 1 is 1.33 bits per heavy atom. The molecule has 2 rings (SSSR count). The zero-order chi connectivity index (χ0) is 15.2. The van der Waals surface area contributed by atoms with E-state index in [-0.39, 0.29) is 0 Å². The van der Waals surface area contributed by atoms with Crippen LogP contribution in [0.1, 0.15) is 19.4 Å². The van der Waals surface area contributed by atoms with Crippen LogP contribution in [0.5, 0.6) is 0 Å². The number of rotatable bonds is 5. The molecule has 5 nitrogen and oxygen atoms in total. The van der Waals surface area contributed by atoms with Crippen molar-refractivity contribution in [2.75, 3.05) is 45.1 Å². The molecule has 0 aliphatic carbocycles. The third-order valence-electron chi connectivity index (χ3n) is 4.22. The Morgan fingerprint density at radius 2 is 2.05 bits per heavy atom. The normalized spacial score (nSPS) is 18.4. The van der Waals surface area contributed by atoms with E-state index in [4.69, 9.17) is 5.26 Å². The number of nitrogens with one attached hydrogen (secondary N) is 1. The highest BCUT2D eigenvalue weighted by Gasteiger charge is 2.24. The molecular weight excluding hydrogens is 262 g/mol. The molecule has 0 radical (unpaired) electrons. The first-order valence-electron chi connectivity index (χ1n) is 7.62. The number of hydrogen-bond acceptors (Lipinski definition) is 5. The molecule has 5 heteroatoms. The lowest BCUT2D eigenvalue weighted by Gasteiger charge is -2.40. The summed E-state index contributed by atoms with van der Waals surface area (Å²) in [5.41, 5.74) is 1.49. The molecule has 1 aromatic rings. The van der Waals surface area contributed by atoms with Gasteiger partial charge in [0.1, 0.15) is 6.07 Å². The summed E-state index contributed by atoms with van der Waals surface area (Å²) in [6, 6.07) is 4.44. The van der Waals surface area contributed by atoms with Crippen LogP contribution < -0.4 is 5.32 Å². The van der Waals surface area contributed by atoms with Crippen molar-refractivity contribution in [3.05, 3.63) is 24.0 Å². The second kappa shape index (κ2) is 7.39. The fourth-order valence-electron chi connectivity index (χ4n) is 2.79. The summed E-state index contributed by atoms with van der Waals surface area (Å²) < 4.78 is 0. The summed E-state index contributed by atoms with van der Waals surface area (Å²) in [4.78, 5) is 9.03. The molecule has 1 aliphatic rings. The van der Waals surface area contributed by atoms with Crippen LogP contribution in [-0.4, -0.2) is 60.6 Å². The monoisotopic (exact) mass is 287 g/mol. The van der Waals surface area contributed by atoms with Gasteiger partial charge in [-0.25, -0.2) is 0 Å². The lowest BCUT2D eigenvalue weighted by atomic mass is 10.0. The highest BCUT2D eigenvalue weighted by atomic mass is 15.3. The number of nitriles is 1. The maximum absolute atomic E-state index is 9.14. The molecule has 1 atom stereocenters. The second-order valence-corrected chi connectivity index (χ2v) is 6.06. The molecule has 1 aromatic heterocycles. The maximum atomic E-state index is 9.14. The molecule has 114 valence electrons. The van der Waals surface area contributed by atoms with Crippen molar-refractivity contribution < 1.29 is 0 Å². The van der Waals surface area contributed by atoms with Crippen molar-refractivity contribution in [3.8, 4) is 6.07 Å².